The summed E-state index contributed by atoms with van der Waals surface area (Å²) in [5, 5.41) is 2.79. The average molecular weight is 488 g/mol. The molecule has 1 atom stereocenters. The van der Waals surface area contributed by atoms with E-state index in [0.29, 0.717) is 0 Å². The summed E-state index contributed by atoms with van der Waals surface area (Å²) in [6.07, 6.45) is 0. The highest BCUT2D eigenvalue weighted by molar-refractivity contribution is 6.05. The van der Waals surface area contributed by atoms with Crippen molar-refractivity contribution >= 4 is 28.8 Å². The molecule has 1 N–H and O–H groups in total. The molecule has 9 nitrogen and oxygen atoms in total. The van der Waals surface area contributed by atoms with E-state index in [0.717, 1.165) is 24.1 Å². The summed E-state index contributed by atoms with van der Waals surface area (Å²) >= 11 is 0. The Morgan fingerprint density at radius 2 is 1.97 bits per heavy atom. The monoisotopic (exact) mass is 488 g/mol. The average Bonchev–Trinajstić information content (AvgIpc) is 3.17. The van der Waals surface area contributed by atoms with Crippen LogP contribution in [0, 0.1) is 11.6 Å². The van der Waals surface area contributed by atoms with Crippen LogP contribution < -0.4 is 14.8 Å². The molecule has 3 aromatic rings. The minimum atomic E-state index is -1.75. The molecule has 35 heavy (non-hydrogen) atoms. The third kappa shape index (κ3) is 4.25. The molecule has 184 valence electrons. The van der Waals surface area contributed by atoms with Crippen molar-refractivity contribution in [2.75, 3.05) is 27.4 Å². The third-order valence-corrected chi connectivity index (χ3v) is 5.86. The van der Waals surface area contributed by atoms with Crippen LogP contribution in [-0.2, 0) is 20.9 Å². The number of nitrogens with one attached hydrogen (secondary N) is 1. The Morgan fingerprint density at radius 1 is 1.20 bits per heavy atom. The van der Waals surface area contributed by atoms with Crippen LogP contribution in [0.4, 0.5) is 8.78 Å². The van der Waals surface area contributed by atoms with Crippen molar-refractivity contribution in [2.45, 2.75) is 19.0 Å². The van der Waals surface area contributed by atoms with Crippen LogP contribution in [0.25, 0.3) is 11.0 Å². The number of nitrogens with zero attached hydrogens (tertiary/aromatic N) is 1. The highest BCUT2D eigenvalue weighted by Gasteiger charge is 2.49. The third-order valence-electron chi connectivity index (χ3n) is 5.86. The van der Waals surface area contributed by atoms with Crippen LogP contribution in [0.1, 0.15) is 23.0 Å². The summed E-state index contributed by atoms with van der Waals surface area (Å²) in [5.41, 5.74) is -1.45. The zero-order valence-corrected chi connectivity index (χ0v) is 19.1. The smallest absolute Gasteiger partial charge is 0.325 e. The van der Waals surface area contributed by atoms with Gasteiger partial charge in [-0.1, -0.05) is 6.07 Å². The number of ether oxygens (including phenoxy) is 3. The van der Waals surface area contributed by atoms with E-state index in [1.165, 1.54) is 38.3 Å². The van der Waals surface area contributed by atoms with Gasteiger partial charge in [-0.3, -0.25) is 14.4 Å². The molecule has 1 unspecified atom stereocenters. The van der Waals surface area contributed by atoms with E-state index in [1.54, 1.807) is 0 Å². The van der Waals surface area contributed by atoms with E-state index in [4.69, 9.17) is 18.6 Å². The SMILES string of the molecule is COC(=O)CN1C(=O)c2oc3ccc(F)cc3c2OCC1(C)C(=O)NCc1c(F)cccc1OC. The second-order valence-corrected chi connectivity index (χ2v) is 8.03. The predicted octanol–water partition coefficient (Wildman–Crippen LogP) is 2.80. The maximum Gasteiger partial charge on any atom is 0.325 e. The molecule has 2 amide bonds. The molecular formula is C24H22F2N2O7. The van der Waals surface area contributed by atoms with E-state index in [9.17, 15) is 23.2 Å². The van der Waals surface area contributed by atoms with Crippen molar-refractivity contribution in [1.29, 1.82) is 0 Å². The number of rotatable bonds is 6. The number of hydrogen-bond acceptors (Lipinski definition) is 7. The highest BCUT2D eigenvalue weighted by atomic mass is 19.1. The fraction of sp³-hybridized carbons (Fsp3) is 0.292. The Hall–Kier alpha value is -4.15. The quantitative estimate of drug-likeness (QED) is 0.532. The first kappa shape index (κ1) is 24.0. The van der Waals surface area contributed by atoms with Gasteiger partial charge in [0.05, 0.1) is 19.6 Å². The first-order valence-electron chi connectivity index (χ1n) is 10.5. The number of carbonyl (C=O) groups is 3. The maximum absolute atomic E-state index is 14.3. The lowest BCUT2D eigenvalue weighted by molar-refractivity contribution is -0.145. The number of furan rings is 1. The van der Waals surface area contributed by atoms with E-state index >= 15 is 0 Å². The number of hydrogen-bond donors (Lipinski definition) is 1. The number of carbonyl (C=O) groups excluding carboxylic acids is 3. The van der Waals surface area contributed by atoms with Crippen molar-refractivity contribution in [3.63, 3.8) is 0 Å². The van der Waals surface area contributed by atoms with Crippen molar-refractivity contribution in [1.82, 2.24) is 10.2 Å². The molecule has 0 aliphatic carbocycles. The molecular weight excluding hydrogens is 466 g/mol. The maximum atomic E-state index is 14.3. The number of methoxy groups -OCH3 is 2. The van der Waals surface area contributed by atoms with Gasteiger partial charge in [0.1, 0.15) is 36.1 Å². The van der Waals surface area contributed by atoms with Gasteiger partial charge in [-0.2, -0.15) is 0 Å². The Labute approximate surface area is 198 Å². The molecule has 0 saturated heterocycles. The fourth-order valence-electron chi connectivity index (χ4n) is 3.86. The first-order valence-corrected chi connectivity index (χ1v) is 10.5. The Balaban J connectivity index is 1.70. The largest absolute Gasteiger partial charge is 0.496 e. The van der Waals surface area contributed by atoms with Gasteiger partial charge >= 0.3 is 5.97 Å². The number of benzene rings is 2. The van der Waals surface area contributed by atoms with Gasteiger partial charge < -0.3 is 28.8 Å². The lowest BCUT2D eigenvalue weighted by Gasteiger charge is -2.36. The summed E-state index contributed by atoms with van der Waals surface area (Å²) in [6.45, 7) is 0.114. The van der Waals surface area contributed by atoms with Gasteiger partial charge in [-0.15, -0.1) is 0 Å². The van der Waals surface area contributed by atoms with Crippen LogP contribution in [0.5, 0.6) is 11.5 Å². The molecule has 0 radical (unpaired) electrons. The lowest BCUT2D eigenvalue weighted by atomic mass is 9.99. The van der Waals surface area contributed by atoms with Gasteiger partial charge in [-0.25, -0.2) is 8.78 Å². The highest BCUT2D eigenvalue weighted by Crippen LogP contribution is 2.38. The molecule has 2 heterocycles. The van der Waals surface area contributed by atoms with E-state index in [2.05, 4.69) is 5.32 Å². The van der Waals surface area contributed by atoms with Crippen LogP contribution in [0.15, 0.2) is 40.8 Å². The Morgan fingerprint density at radius 3 is 2.69 bits per heavy atom. The molecule has 1 aliphatic heterocycles. The minimum Gasteiger partial charge on any atom is -0.496 e. The zero-order valence-electron chi connectivity index (χ0n) is 19.1. The van der Waals surface area contributed by atoms with Crippen molar-refractivity contribution in [3.05, 3.63) is 59.4 Å². The molecule has 11 heteroatoms. The molecule has 1 aromatic heterocycles. The second kappa shape index (κ2) is 9.24. The summed E-state index contributed by atoms with van der Waals surface area (Å²) in [5.74, 6) is -3.65. The summed E-state index contributed by atoms with van der Waals surface area (Å²) in [4.78, 5) is 40.0. The number of halogens is 2. The molecule has 0 bridgehead atoms. The minimum absolute atomic E-state index is 0.0494. The van der Waals surface area contributed by atoms with Gasteiger partial charge in [0, 0.05) is 12.1 Å². The van der Waals surface area contributed by atoms with Crippen LogP contribution >= 0.6 is 0 Å². The normalized spacial score (nSPS) is 17.4. The first-order chi connectivity index (χ1) is 16.7. The molecule has 0 saturated carbocycles. The molecule has 0 spiro atoms. The molecule has 1 aliphatic rings. The van der Waals surface area contributed by atoms with Gasteiger partial charge in [0.15, 0.2) is 11.3 Å². The van der Waals surface area contributed by atoms with Crippen molar-refractivity contribution < 1.29 is 41.8 Å². The zero-order chi connectivity index (χ0) is 25.3. The Bertz CT molecular complexity index is 1320. The summed E-state index contributed by atoms with van der Waals surface area (Å²) in [6, 6.07) is 7.87. The van der Waals surface area contributed by atoms with Crippen molar-refractivity contribution in [3.8, 4) is 11.5 Å². The molecule has 4 rings (SSSR count). The van der Waals surface area contributed by atoms with E-state index in [1.807, 2.05) is 0 Å². The van der Waals surface area contributed by atoms with Gasteiger partial charge in [-0.05, 0) is 37.3 Å². The second-order valence-electron chi connectivity index (χ2n) is 8.03. The Kier molecular flexibility index (Phi) is 6.33. The van der Waals surface area contributed by atoms with Crippen molar-refractivity contribution in [2.24, 2.45) is 0 Å². The predicted molar refractivity (Wildman–Crippen MR) is 118 cm³/mol. The number of amides is 2. The topological polar surface area (TPSA) is 107 Å². The van der Waals surface area contributed by atoms with Gasteiger partial charge in [0.25, 0.3) is 5.91 Å². The van der Waals surface area contributed by atoms with Crippen LogP contribution in [0.2, 0.25) is 0 Å². The fourth-order valence-corrected chi connectivity index (χ4v) is 3.86. The number of fused-ring (bicyclic) bond motifs is 3. The lowest BCUT2D eigenvalue weighted by Crippen LogP contribution is -2.62. The van der Waals surface area contributed by atoms with Gasteiger partial charge in [0.2, 0.25) is 11.7 Å². The summed E-state index contributed by atoms with van der Waals surface area (Å²) in [7, 11) is 2.50. The van der Waals surface area contributed by atoms with Crippen LogP contribution in [-0.4, -0.2) is 55.6 Å². The van der Waals surface area contributed by atoms with E-state index < -0.39 is 48.1 Å². The summed E-state index contributed by atoms with van der Waals surface area (Å²) < 4.78 is 49.4. The van der Waals surface area contributed by atoms with E-state index in [-0.39, 0.29) is 40.3 Å². The molecule has 0 fully saturated rings. The number of esters is 1. The standard InChI is InChI=1S/C24H22F2N2O7/c1-24(23(31)27-10-15-16(26)5-4-6-17(15)32-2)12-34-20-14-9-13(25)7-8-18(14)35-21(20)22(30)28(24)11-19(29)33-3/h4-9H,10-12H2,1-3H3,(H,27,31). The van der Waals surface area contributed by atoms with Crippen LogP contribution in [0.3, 0.4) is 0 Å². The molecule has 2 aromatic carbocycles.